The van der Waals surface area contributed by atoms with Gasteiger partial charge in [0.25, 0.3) is 5.91 Å². The van der Waals surface area contributed by atoms with E-state index in [0.717, 1.165) is 38.0 Å². The molecule has 1 heterocycles. The molecule has 0 aromatic heterocycles. The number of carbonyl (C=O) groups is 1. The molecule has 1 aliphatic rings. The molecule has 1 fully saturated rings. The zero-order valence-corrected chi connectivity index (χ0v) is 12.3. The molecule has 0 spiro atoms. The Morgan fingerprint density at radius 2 is 2.30 bits per heavy atom. The molecule has 1 aromatic rings. The molecule has 2 unspecified atom stereocenters. The van der Waals surface area contributed by atoms with E-state index in [9.17, 15) is 4.79 Å². The number of hydrogen-bond donors (Lipinski definition) is 2. The fourth-order valence-electron chi connectivity index (χ4n) is 2.62. The highest BCUT2D eigenvalue weighted by molar-refractivity contribution is 5.94. The summed E-state index contributed by atoms with van der Waals surface area (Å²) in [5, 5.41) is 6.24. The van der Waals surface area contributed by atoms with Crippen molar-refractivity contribution in [1.82, 2.24) is 10.6 Å². The maximum Gasteiger partial charge on any atom is 0.251 e. The van der Waals surface area contributed by atoms with Crippen LogP contribution in [0.1, 0.15) is 35.7 Å². The smallest absolute Gasteiger partial charge is 0.251 e. The predicted molar refractivity (Wildman–Crippen MR) is 80.0 cm³/mol. The van der Waals surface area contributed by atoms with Crippen LogP contribution in [0.25, 0.3) is 0 Å². The molecule has 0 saturated carbocycles. The van der Waals surface area contributed by atoms with Crippen molar-refractivity contribution in [3.05, 3.63) is 35.4 Å². The highest BCUT2D eigenvalue weighted by Crippen LogP contribution is 2.13. The first-order valence-corrected chi connectivity index (χ1v) is 7.35. The van der Waals surface area contributed by atoms with Gasteiger partial charge in [0.1, 0.15) is 0 Å². The van der Waals surface area contributed by atoms with Crippen LogP contribution in [0.4, 0.5) is 0 Å². The molecule has 1 amide bonds. The van der Waals surface area contributed by atoms with E-state index < -0.39 is 0 Å². The van der Waals surface area contributed by atoms with Gasteiger partial charge in [-0.05, 0) is 50.4 Å². The summed E-state index contributed by atoms with van der Waals surface area (Å²) in [7, 11) is 1.66. The summed E-state index contributed by atoms with van der Waals surface area (Å²) in [6.07, 6.45) is 3.47. The minimum absolute atomic E-state index is 0.0296. The molecule has 1 aromatic carbocycles. The minimum Gasteiger partial charge on any atom is -0.378 e. The lowest BCUT2D eigenvalue weighted by atomic mass is 10.0. The summed E-state index contributed by atoms with van der Waals surface area (Å²) >= 11 is 0. The van der Waals surface area contributed by atoms with Gasteiger partial charge in [0.2, 0.25) is 0 Å². The molecule has 20 heavy (non-hydrogen) atoms. The second-order valence-electron chi connectivity index (χ2n) is 5.39. The van der Waals surface area contributed by atoms with E-state index in [-0.39, 0.29) is 5.91 Å². The van der Waals surface area contributed by atoms with Gasteiger partial charge < -0.3 is 15.4 Å². The summed E-state index contributed by atoms with van der Waals surface area (Å²) < 4.78 is 5.54. The first-order valence-electron chi connectivity index (χ1n) is 7.35. The summed E-state index contributed by atoms with van der Waals surface area (Å²) in [6.45, 7) is 3.92. The summed E-state index contributed by atoms with van der Waals surface area (Å²) in [6, 6.07) is 8.38. The number of benzene rings is 1. The van der Waals surface area contributed by atoms with Crippen molar-refractivity contribution in [2.24, 2.45) is 0 Å². The molecule has 1 saturated heterocycles. The number of nitrogens with one attached hydrogen (secondary N) is 2. The van der Waals surface area contributed by atoms with Gasteiger partial charge in [-0.1, -0.05) is 12.1 Å². The molecule has 2 atom stereocenters. The largest absolute Gasteiger partial charge is 0.378 e. The van der Waals surface area contributed by atoms with Crippen molar-refractivity contribution in [1.29, 1.82) is 0 Å². The Bertz CT molecular complexity index is 448. The summed E-state index contributed by atoms with van der Waals surface area (Å²) in [5.74, 6) is -0.0296. The molecule has 4 heteroatoms. The first-order chi connectivity index (χ1) is 9.69. The zero-order chi connectivity index (χ0) is 14.4. The van der Waals surface area contributed by atoms with E-state index in [0.29, 0.717) is 12.1 Å². The number of amides is 1. The number of hydrogen-bond acceptors (Lipinski definition) is 3. The fourth-order valence-corrected chi connectivity index (χ4v) is 2.62. The van der Waals surface area contributed by atoms with Crippen LogP contribution in [0.2, 0.25) is 0 Å². The SMILES string of the molecule is CNC(=O)c1cccc(CCNC2CCOC(C)C2)c1. The van der Waals surface area contributed by atoms with Crippen molar-refractivity contribution < 1.29 is 9.53 Å². The summed E-state index contributed by atoms with van der Waals surface area (Å²) in [4.78, 5) is 11.6. The lowest BCUT2D eigenvalue weighted by molar-refractivity contribution is 0.0135. The van der Waals surface area contributed by atoms with Gasteiger partial charge in [0, 0.05) is 25.3 Å². The first kappa shape index (κ1) is 15.0. The van der Waals surface area contributed by atoms with Gasteiger partial charge in [-0.2, -0.15) is 0 Å². The third-order valence-corrected chi connectivity index (χ3v) is 3.75. The lowest BCUT2D eigenvalue weighted by Gasteiger charge is -2.28. The highest BCUT2D eigenvalue weighted by atomic mass is 16.5. The van der Waals surface area contributed by atoms with Crippen molar-refractivity contribution >= 4 is 5.91 Å². The zero-order valence-electron chi connectivity index (χ0n) is 12.3. The number of carbonyl (C=O) groups excluding carboxylic acids is 1. The minimum atomic E-state index is -0.0296. The van der Waals surface area contributed by atoms with Gasteiger partial charge in [-0.15, -0.1) is 0 Å². The predicted octanol–water partition coefficient (Wildman–Crippen LogP) is 1.75. The van der Waals surface area contributed by atoms with Crippen LogP contribution >= 0.6 is 0 Å². The summed E-state index contributed by atoms with van der Waals surface area (Å²) in [5.41, 5.74) is 1.92. The molecule has 4 nitrogen and oxygen atoms in total. The average molecular weight is 276 g/mol. The van der Waals surface area contributed by atoms with E-state index in [1.165, 1.54) is 5.56 Å². The normalized spacial score (nSPS) is 22.5. The fraction of sp³-hybridized carbons (Fsp3) is 0.562. The molecule has 0 aliphatic carbocycles. The van der Waals surface area contributed by atoms with Crippen molar-refractivity contribution in [2.45, 2.75) is 38.3 Å². The Hall–Kier alpha value is -1.39. The van der Waals surface area contributed by atoms with Gasteiger partial charge in [-0.25, -0.2) is 0 Å². The van der Waals surface area contributed by atoms with Crippen molar-refractivity contribution in [2.75, 3.05) is 20.2 Å². The molecule has 0 radical (unpaired) electrons. The number of ether oxygens (including phenoxy) is 1. The Balaban J connectivity index is 1.80. The maximum absolute atomic E-state index is 11.6. The van der Waals surface area contributed by atoms with Crippen LogP contribution in [0.5, 0.6) is 0 Å². The third kappa shape index (κ3) is 4.32. The molecule has 1 aliphatic heterocycles. The van der Waals surface area contributed by atoms with E-state index in [1.54, 1.807) is 7.05 Å². The molecule has 110 valence electrons. The molecule has 0 bridgehead atoms. The van der Waals surface area contributed by atoms with Crippen LogP contribution in [0.3, 0.4) is 0 Å². The molecule has 2 N–H and O–H groups in total. The second-order valence-corrected chi connectivity index (χ2v) is 5.39. The van der Waals surface area contributed by atoms with Crippen molar-refractivity contribution in [3.8, 4) is 0 Å². The van der Waals surface area contributed by atoms with Crippen LogP contribution in [0.15, 0.2) is 24.3 Å². The quantitative estimate of drug-likeness (QED) is 0.861. The van der Waals surface area contributed by atoms with E-state index in [1.807, 2.05) is 18.2 Å². The Morgan fingerprint density at radius 3 is 3.05 bits per heavy atom. The van der Waals surface area contributed by atoms with Gasteiger partial charge in [-0.3, -0.25) is 4.79 Å². The van der Waals surface area contributed by atoms with Crippen LogP contribution < -0.4 is 10.6 Å². The molecular weight excluding hydrogens is 252 g/mol. The molecule has 2 rings (SSSR count). The van der Waals surface area contributed by atoms with Gasteiger partial charge in [0.15, 0.2) is 0 Å². The highest BCUT2D eigenvalue weighted by Gasteiger charge is 2.18. The average Bonchev–Trinajstić information content (AvgIpc) is 2.47. The van der Waals surface area contributed by atoms with Crippen LogP contribution in [0, 0.1) is 0 Å². The molecular formula is C16H24N2O2. The van der Waals surface area contributed by atoms with Crippen LogP contribution in [-0.2, 0) is 11.2 Å². The van der Waals surface area contributed by atoms with Gasteiger partial charge in [0.05, 0.1) is 6.10 Å². The van der Waals surface area contributed by atoms with Crippen LogP contribution in [-0.4, -0.2) is 38.3 Å². The lowest BCUT2D eigenvalue weighted by Crippen LogP contribution is -2.38. The third-order valence-electron chi connectivity index (χ3n) is 3.75. The maximum atomic E-state index is 11.6. The van der Waals surface area contributed by atoms with E-state index in [4.69, 9.17) is 4.74 Å². The topological polar surface area (TPSA) is 50.4 Å². The Labute approximate surface area is 120 Å². The Morgan fingerprint density at radius 1 is 1.45 bits per heavy atom. The second kappa shape index (κ2) is 7.41. The standard InChI is InChI=1S/C16H24N2O2/c1-12-10-15(7-9-20-12)18-8-6-13-4-3-5-14(11-13)16(19)17-2/h3-5,11-12,15,18H,6-10H2,1-2H3,(H,17,19). The van der Waals surface area contributed by atoms with E-state index in [2.05, 4.69) is 23.6 Å². The number of rotatable bonds is 5. The monoisotopic (exact) mass is 276 g/mol. The van der Waals surface area contributed by atoms with Crippen molar-refractivity contribution in [3.63, 3.8) is 0 Å². The van der Waals surface area contributed by atoms with Gasteiger partial charge >= 0.3 is 0 Å². The van der Waals surface area contributed by atoms with E-state index >= 15 is 0 Å². The Kier molecular flexibility index (Phi) is 5.56.